The third kappa shape index (κ3) is 1.48. The van der Waals surface area contributed by atoms with Gasteiger partial charge in [-0.05, 0) is 25.0 Å². The van der Waals surface area contributed by atoms with Crippen LogP contribution in [0.25, 0.3) is 0 Å². The van der Waals surface area contributed by atoms with Gasteiger partial charge in [0, 0.05) is 0 Å². The molecule has 0 aromatic heterocycles. The van der Waals surface area contributed by atoms with Gasteiger partial charge in [0.2, 0.25) is 12.9 Å². The summed E-state index contributed by atoms with van der Waals surface area (Å²) in [6, 6.07) is 3.22. The molecule has 0 bridgehead atoms. The van der Waals surface area contributed by atoms with Crippen LogP contribution < -0.4 is 9.47 Å². The van der Waals surface area contributed by atoms with Gasteiger partial charge >= 0.3 is 0 Å². The first kappa shape index (κ1) is 11.1. The lowest BCUT2D eigenvalue weighted by Crippen LogP contribution is -2.19. The average Bonchev–Trinajstić information content (AvgIpc) is 2.98. The first-order valence-electron chi connectivity index (χ1n) is 5.98. The number of nitrogens with zero attached hydrogens (tertiary/aromatic N) is 1. The van der Waals surface area contributed by atoms with E-state index in [0.717, 1.165) is 25.7 Å². The molecule has 2 aliphatic rings. The Morgan fingerprint density at radius 2 is 2.06 bits per heavy atom. The van der Waals surface area contributed by atoms with E-state index in [1.807, 2.05) is 0 Å². The van der Waals surface area contributed by atoms with Crippen LogP contribution in [0.2, 0.25) is 0 Å². The molecule has 0 radical (unpaired) electrons. The number of isocyanates is 1. The van der Waals surface area contributed by atoms with Gasteiger partial charge in [0.05, 0.1) is 5.56 Å². The van der Waals surface area contributed by atoms with Gasteiger partial charge in [-0.2, -0.15) is 4.99 Å². The Balaban J connectivity index is 2.21. The normalized spacial score (nSPS) is 19.6. The van der Waals surface area contributed by atoms with Crippen molar-refractivity contribution in [1.29, 1.82) is 0 Å². The summed E-state index contributed by atoms with van der Waals surface area (Å²) in [5.74, 6) is 1.20. The van der Waals surface area contributed by atoms with Crippen molar-refractivity contribution < 1.29 is 19.4 Å². The zero-order valence-corrected chi connectivity index (χ0v) is 9.81. The molecule has 1 aliphatic heterocycles. The van der Waals surface area contributed by atoms with Crippen molar-refractivity contribution in [2.24, 2.45) is 4.99 Å². The number of carbonyl (C=O) groups excluding carboxylic acids is 1. The summed E-state index contributed by atoms with van der Waals surface area (Å²) in [5, 5.41) is 10.1. The molecule has 1 aromatic carbocycles. The van der Waals surface area contributed by atoms with Crippen molar-refractivity contribution in [1.82, 2.24) is 0 Å². The van der Waals surface area contributed by atoms with Crippen LogP contribution in [-0.2, 0) is 10.3 Å². The number of hydrogen-bond donors (Lipinski definition) is 1. The van der Waals surface area contributed by atoms with Gasteiger partial charge in [-0.1, -0.05) is 12.8 Å². The van der Waals surface area contributed by atoms with Gasteiger partial charge in [-0.15, -0.1) is 0 Å². The summed E-state index contributed by atoms with van der Waals surface area (Å²) in [5.41, 5.74) is -0.136. The molecule has 5 nitrogen and oxygen atoms in total. The van der Waals surface area contributed by atoms with Crippen LogP contribution in [-0.4, -0.2) is 18.0 Å². The SMILES string of the molecule is O=C=NC1(c2c(O)ccc3c2OCO3)CCCC1. The van der Waals surface area contributed by atoms with E-state index in [2.05, 4.69) is 4.99 Å². The van der Waals surface area contributed by atoms with E-state index in [-0.39, 0.29) is 12.5 Å². The fraction of sp³-hybridized carbons (Fsp3) is 0.462. The average molecular weight is 247 g/mol. The molecule has 18 heavy (non-hydrogen) atoms. The summed E-state index contributed by atoms with van der Waals surface area (Å²) in [6.07, 6.45) is 5.01. The molecule has 1 aliphatic carbocycles. The summed E-state index contributed by atoms with van der Waals surface area (Å²) in [7, 11) is 0. The van der Waals surface area contributed by atoms with Gasteiger partial charge in [0.15, 0.2) is 11.5 Å². The Kier molecular flexibility index (Phi) is 2.49. The van der Waals surface area contributed by atoms with Crippen LogP contribution in [0.1, 0.15) is 31.2 Å². The Labute approximate surface area is 104 Å². The minimum atomic E-state index is -0.703. The lowest BCUT2D eigenvalue weighted by molar-refractivity contribution is 0.171. The molecule has 1 saturated carbocycles. The van der Waals surface area contributed by atoms with Crippen molar-refractivity contribution in [3.8, 4) is 17.2 Å². The fourth-order valence-corrected chi connectivity index (χ4v) is 2.88. The first-order valence-corrected chi connectivity index (χ1v) is 5.98. The van der Waals surface area contributed by atoms with E-state index in [1.54, 1.807) is 18.2 Å². The van der Waals surface area contributed by atoms with E-state index in [4.69, 9.17) is 9.47 Å². The number of phenolic OH excluding ortho intramolecular Hbond substituents is 1. The molecule has 1 N–H and O–H groups in total. The Morgan fingerprint density at radius 3 is 2.78 bits per heavy atom. The minimum absolute atomic E-state index is 0.0974. The molecule has 0 atom stereocenters. The van der Waals surface area contributed by atoms with E-state index < -0.39 is 5.54 Å². The van der Waals surface area contributed by atoms with Gasteiger partial charge < -0.3 is 14.6 Å². The van der Waals surface area contributed by atoms with Crippen LogP contribution in [0.15, 0.2) is 17.1 Å². The largest absolute Gasteiger partial charge is 0.507 e. The zero-order valence-electron chi connectivity index (χ0n) is 9.81. The molecule has 1 aromatic rings. The van der Waals surface area contributed by atoms with E-state index in [1.165, 1.54) is 0 Å². The first-order chi connectivity index (χ1) is 8.77. The molecule has 0 amide bonds. The van der Waals surface area contributed by atoms with Gasteiger partial charge in [0.25, 0.3) is 0 Å². The van der Waals surface area contributed by atoms with Crippen LogP contribution in [0.4, 0.5) is 0 Å². The highest BCUT2D eigenvalue weighted by atomic mass is 16.7. The van der Waals surface area contributed by atoms with E-state index >= 15 is 0 Å². The molecular weight excluding hydrogens is 234 g/mol. The monoisotopic (exact) mass is 247 g/mol. The minimum Gasteiger partial charge on any atom is -0.507 e. The quantitative estimate of drug-likeness (QED) is 0.642. The lowest BCUT2D eigenvalue weighted by Gasteiger charge is -2.24. The summed E-state index contributed by atoms with van der Waals surface area (Å²) in [6.45, 7) is 0.132. The van der Waals surface area contributed by atoms with E-state index in [9.17, 15) is 9.90 Å². The number of rotatable bonds is 2. The second-order valence-electron chi connectivity index (χ2n) is 4.64. The van der Waals surface area contributed by atoms with Crippen molar-refractivity contribution >= 4 is 6.08 Å². The summed E-state index contributed by atoms with van der Waals surface area (Å²) >= 11 is 0. The van der Waals surface area contributed by atoms with Gasteiger partial charge in [0.1, 0.15) is 11.3 Å². The van der Waals surface area contributed by atoms with Gasteiger partial charge in [-0.25, -0.2) is 4.79 Å². The van der Waals surface area contributed by atoms with Crippen molar-refractivity contribution in [3.63, 3.8) is 0 Å². The predicted octanol–water partition coefficient (Wildman–Crippen LogP) is 2.23. The van der Waals surface area contributed by atoms with Crippen LogP contribution >= 0.6 is 0 Å². The highest BCUT2D eigenvalue weighted by Gasteiger charge is 2.42. The Morgan fingerprint density at radius 1 is 1.28 bits per heavy atom. The molecule has 3 rings (SSSR count). The van der Waals surface area contributed by atoms with Crippen LogP contribution in [0.3, 0.4) is 0 Å². The maximum Gasteiger partial charge on any atom is 0.235 e. The number of fused-ring (bicyclic) bond motifs is 1. The number of hydrogen-bond acceptors (Lipinski definition) is 5. The molecular formula is C13H13NO4. The third-order valence-corrected chi connectivity index (χ3v) is 3.67. The molecule has 1 heterocycles. The Bertz CT molecular complexity index is 528. The summed E-state index contributed by atoms with van der Waals surface area (Å²) < 4.78 is 10.7. The molecule has 0 unspecified atom stereocenters. The second kappa shape index (κ2) is 4.03. The predicted molar refractivity (Wildman–Crippen MR) is 62.5 cm³/mol. The highest BCUT2D eigenvalue weighted by molar-refractivity contribution is 5.59. The van der Waals surface area contributed by atoms with Crippen molar-refractivity contribution in [3.05, 3.63) is 17.7 Å². The number of ether oxygens (including phenoxy) is 2. The Hall–Kier alpha value is -2.00. The molecule has 5 heteroatoms. The third-order valence-electron chi connectivity index (χ3n) is 3.67. The smallest absolute Gasteiger partial charge is 0.235 e. The maximum absolute atomic E-state index is 10.7. The van der Waals surface area contributed by atoms with Crippen LogP contribution in [0, 0.1) is 0 Å². The summed E-state index contributed by atoms with van der Waals surface area (Å²) in [4.78, 5) is 14.7. The van der Waals surface area contributed by atoms with Crippen LogP contribution in [0.5, 0.6) is 17.2 Å². The molecule has 0 spiro atoms. The van der Waals surface area contributed by atoms with Crippen molar-refractivity contribution in [2.45, 2.75) is 31.2 Å². The lowest BCUT2D eigenvalue weighted by atomic mass is 9.87. The van der Waals surface area contributed by atoms with Gasteiger partial charge in [-0.3, -0.25) is 0 Å². The van der Waals surface area contributed by atoms with E-state index in [0.29, 0.717) is 17.1 Å². The number of aromatic hydroxyl groups is 1. The fourth-order valence-electron chi connectivity index (χ4n) is 2.88. The molecule has 1 fully saturated rings. The number of benzene rings is 1. The standard InChI is InChI=1S/C13H13NO4/c15-7-14-13(5-1-2-6-13)11-9(16)3-4-10-12(11)18-8-17-10/h3-4,16H,1-2,5-6,8H2. The maximum atomic E-state index is 10.7. The second-order valence-corrected chi connectivity index (χ2v) is 4.64. The number of aliphatic imine (C=N–C) groups is 1. The topological polar surface area (TPSA) is 68.1 Å². The van der Waals surface area contributed by atoms with Crippen molar-refractivity contribution in [2.75, 3.05) is 6.79 Å². The number of phenols is 1. The molecule has 94 valence electrons. The molecule has 0 saturated heterocycles. The zero-order chi connectivity index (χ0) is 12.6. The highest BCUT2D eigenvalue weighted by Crippen LogP contribution is 2.53.